The Hall–Kier alpha value is -3.52. The van der Waals surface area contributed by atoms with Gasteiger partial charge in [-0.3, -0.25) is 14.7 Å². The normalized spacial score (nSPS) is 27.2. The third kappa shape index (κ3) is 5.54. The Morgan fingerprint density at radius 2 is 1.68 bits per heavy atom. The highest BCUT2D eigenvalue weighted by atomic mass is 16.3. The minimum absolute atomic E-state index is 0.0914. The molecule has 5 fully saturated rings. The van der Waals surface area contributed by atoms with Gasteiger partial charge in [0.1, 0.15) is 5.75 Å². The summed E-state index contributed by atoms with van der Waals surface area (Å²) >= 11 is 0. The Bertz CT molecular complexity index is 1380. The average Bonchev–Trinajstić information content (AvgIpc) is 2.96. The molecule has 0 unspecified atom stereocenters. The highest BCUT2D eigenvalue weighted by Gasteiger charge is 2.50. The van der Waals surface area contributed by atoms with Crippen LogP contribution in [0.2, 0.25) is 0 Å². The maximum atomic E-state index is 12.9. The molecule has 0 radical (unpaired) electrons. The minimum Gasteiger partial charge on any atom is -0.506 e. The lowest BCUT2D eigenvalue weighted by atomic mass is 9.49. The number of benzene rings is 1. The monoisotopic (exact) mass is 552 g/mol. The molecule has 214 valence electrons. The van der Waals surface area contributed by atoms with Crippen LogP contribution in [0.25, 0.3) is 11.1 Å². The second-order valence-electron chi connectivity index (χ2n) is 13.2. The van der Waals surface area contributed by atoms with E-state index in [-0.39, 0.29) is 11.7 Å². The van der Waals surface area contributed by atoms with Crippen molar-refractivity contribution in [2.45, 2.75) is 52.0 Å². The van der Waals surface area contributed by atoms with Crippen molar-refractivity contribution in [1.29, 1.82) is 0 Å². The number of carbonyl (C=O) groups is 1. The highest BCUT2D eigenvalue weighted by Crippen LogP contribution is 2.59. The lowest BCUT2D eigenvalue weighted by molar-refractivity contribution is -0.0503. The summed E-state index contributed by atoms with van der Waals surface area (Å²) in [5.41, 5.74) is 5.20. The van der Waals surface area contributed by atoms with Crippen LogP contribution in [0.1, 0.15) is 60.1 Å². The molecule has 4 aliphatic carbocycles. The summed E-state index contributed by atoms with van der Waals surface area (Å²) in [6.45, 7) is 7.40. The number of rotatable bonds is 7. The molecule has 1 saturated heterocycles. The smallest absolute Gasteiger partial charge is 0.271 e. The van der Waals surface area contributed by atoms with Crippen molar-refractivity contribution >= 4 is 11.7 Å². The minimum atomic E-state index is -0.0914. The number of carbonyl (C=O) groups excluding carboxylic acids is 1. The molecule has 41 heavy (non-hydrogen) atoms. The van der Waals surface area contributed by atoms with Crippen molar-refractivity contribution in [1.82, 2.24) is 25.4 Å². The Kier molecular flexibility index (Phi) is 6.89. The van der Waals surface area contributed by atoms with E-state index in [2.05, 4.69) is 55.4 Å². The molecule has 4 bridgehead atoms. The summed E-state index contributed by atoms with van der Waals surface area (Å²) in [7, 11) is 0. The molecule has 1 aliphatic heterocycles. The third-order valence-corrected chi connectivity index (χ3v) is 10.1. The van der Waals surface area contributed by atoms with Crippen molar-refractivity contribution < 1.29 is 9.90 Å². The van der Waals surface area contributed by atoms with Crippen molar-refractivity contribution in [2.75, 3.05) is 37.6 Å². The van der Waals surface area contributed by atoms with Gasteiger partial charge in [0, 0.05) is 51.0 Å². The number of piperazine rings is 1. The summed E-state index contributed by atoms with van der Waals surface area (Å²) in [6, 6.07) is 12.0. The van der Waals surface area contributed by atoms with Crippen molar-refractivity contribution in [3.05, 3.63) is 65.6 Å². The van der Waals surface area contributed by atoms with Gasteiger partial charge in [0.25, 0.3) is 5.91 Å². The quantitative estimate of drug-likeness (QED) is 0.434. The van der Waals surface area contributed by atoms with Gasteiger partial charge >= 0.3 is 0 Å². The van der Waals surface area contributed by atoms with Crippen LogP contribution in [0, 0.1) is 30.1 Å². The number of aromatic hydroxyl groups is 1. The Morgan fingerprint density at radius 3 is 2.32 bits per heavy atom. The van der Waals surface area contributed by atoms with Gasteiger partial charge in [0.05, 0.1) is 6.20 Å². The first-order valence-electron chi connectivity index (χ1n) is 15.2. The summed E-state index contributed by atoms with van der Waals surface area (Å²) < 4.78 is 0. The largest absolute Gasteiger partial charge is 0.506 e. The Morgan fingerprint density at radius 1 is 0.951 bits per heavy atom. The van der Waals surface area contributed by atoms with Gasteiger partial charge in [0.2, 0.25) is 0 Å². The lowest BCUT2D eigenvalue weighted by Crippen LogP contribution is -2.51. The summed E-state index contributed by atoms with van der Waals surface area (Å²) in [5.74, 6) is 3.58. The number of hydrogen-bond acceptors (Lipinski definition) is 7. The Balaban J connectivity index is 0.904. The standard InChI is InChI=1S/C33H40N6O2/c1-22-10-23(2-3-29(22)27-14-28(40)19-34-18-27)20-38-6-8-39(9-7-38)31-5-4-30(36-37-31)32(41)35-21-33-15-24-11-25(16-33)13-26(12-24)17-33/h2-5,10,14,18-19,24-26,40H,6-9,11-13,15-17,20-21H2,1H3,(H,35,41). The first-order valence-corrected chi connectivity index (χ1v) is 15.2. The van der Waals surface area contributed by atoms with E-state index < -0.39 is 0 Å². The number of aromatic nitrogens is 3. The average molecular weight is 553 g/mol. The lowest BCUT2D eigenvalue weighted by Gasteiger charge is -2.56. The van der Waals surface area contributed by atoms with Gasteiger partial charge in [0.15, 0.2) is 11.5 Å². The number of nitrogens with zero attached hydrogens (tertiary/aromatic N) is 5. The van der Waals surface area contributed by atoms with E-state index in [1.165, 1.54) is 55.8 Å². The number of pyridine rings is 1. The van der Waals surface area contributed by atoms with E-state index in [9.17, 15) is 9.90 Å². The van der Waals surface area contributed by atoms with E-state index in [1.807, 2.05) is 12.1 Å². The molecule has 1 aromatic carbocycles. The molecule has 8 rings (SSSR count). The van der Waals surface area contributed by atoms with Gasteiger partial charge in [-0.2, -0.15) is 0 Å². The van der Waals surface area contributed by atoms with E-state index in [1.54, 1.807) is 12.3 Å². The SMILES string of the molecule is Cc1cc(CN2CCN(c3ccc(C(=O)NCC45CC6CC(CC(C6)C4)C5)nn3)CC2)ccc1-c1cncc(O)c1. The van der Waals surface area contributed by atoms with E-state index in [0.717, 1.165) is 74.0 Å². The second kappa shape index (κ2) is 10.7. The van der Waals surface area contributed by atoms with Crippen molar-refractivity contribution in [3.63, 3.8) is 0 Å². The third-order valence-electron chi connectivity index (χ3n) is 10.1. The van der Waals surface area contributed by atoms with Crippen molar-refractivity contribution in [3.8, 4) is 16.9 Å². The fraction of sp³-hybridized carbons (Fsp3) is 0.515. The molecule has 1 amide bonds. The molecule has 8 heteroatoms. The molecular formula is C33H40N6O2. The molecule has 2 aromatic heterocycles. The second-order valence-corrected chi connectivity index (χ2v) is 13.2. The Labute approximate surface area is 242 Å². The van der Waals surface area contributed by atoms with E-state index in [0.29, 0.717) is 11.1 Å². The fourth-order valence-electron chi connectivity index (χ4n) is 8.60. The number of anilines is 1. The zero-order chi connectivity index (χ0) is 28.0. The molecule has 3 heterocycles. The predicted molar refractivity (Wildman–Crippen MR) is 159 cm³/mol. The van der Waals surface area contributed by atoms with Gasteiger partial charge in [-0.1, -0.05) is 18.2 Å². The van der Waals surface area contributed by atoms with Crippen LogP contribution in [0.5, 0.6) is 5.75 Å². The van der Waals surface area contributed by atoms with Gasteiger partial charge < -0.3 is 15.3 Å². The number of nitrogens with one attached hydrogen (secondary N) is 1. The van der Waals surface area contributed by atoms with Crippen LogP contribution < -0.4 is 10.2 Å². The summed E-state index contributed by atoms with van der Waals surface area (Å²) in [4.78, 5) is 21.8. The van der Waals surface area contributed by atoms with Crippen LogP contribution >= 0.6 is 0 Å². The zero-order valence-corrected chi connectivity index (χ0v) is 23.9. The number of amides is 1. The number of hydrogen-bond donors (Lipinski definition) is 2. The van der Waals surface area contributed by atoms with E-state index >= 15 is 0 Å². The van der Waals surface area contributed by atoms with Gasteiger partial charge in [-0.05, 0) is 104 Å². The summed E-state index contributed by atoms with van der Waals surface area (Å²) in [6.07, 6.45) is 11.4. The first kappa shape index (κ1) is 26.4. The zero-order valence-electron chi connectivity index (χ0n) is 23.9. The summed E-state index contributed by atoms with van der Waals surface area (Å²) in [5, 5.41) is 21.8. The fourth-order valence-corrected chi connectivity index (χ4v) is 8.60. The van der Waals surface area contributed by atoms with Crippen LogP contribution in [0.3, 0.4) is 0 Å². The molecule has 8 nitrogen and oxygen atoms in total. The van der Waals surface area contributed by atoms with Crippen LogP contribution in [0.15, 0.2) is 48.8 Å². The topological polar surface area (TPSA) is 94.5 Å². The van der Waals surface area contributed by atoms with Crippen LogP contribution in [0.4, 0.5) is 5.82 Å². The maximum Gasteiger partial charge on any atom is 0.271 e. The highest BCUT2D eigenvalue weighted by molar-refractivity contribution is 5.92. The molecule has 2 N–H and O–H groups in total. The van der Waals surface area contributed by atoms with Crippen molar-refractivity contribution in [2.24, 2.45) is 23.2 Å². The molecule has 5 aliphatic rings. The van der Waals surface area contributed by atoms with Gasteiger partial charge in [-0.15, -0.1) is 10.2 Å². The van der Waals surface area contributed by atoms with Crippen LogP contribution in [-0.2, 0) is 6.54 Å². The van der Waals surface area contributed by atoms with Gasteiger partial charge in [-0.25, -0.2) is 0 Å². The molecule has 0 spiro atoms. The molecule has 0 atom stereocenters. The molecular weight excluding hydrogens is 512 g/mol. The first-order chi connectivity index (χ1) is 19.9. The van der Waals surface area contributed by atoms with E-state index in [4.69, 9.17) is 0 Å². The number of aryl methyl sites for hydroxylation is 1. The molecule has 3 aromatic rings. The van der Waals surface area contributed by atoms with Crippen LogP contribution in [-0.4, -0.2) is 63.8 Å². The predicted octanol–water partition coefficient (Wildman–Crippen LogP) is 4.82. The molecule has 4 saturated carbocycles. The maximum absolute atomic E-state index is 12.9.